The van der Waals surface area contributed by atoms with Crippen LogP contribution in [-0.2, 0) is 14.3 Å². The number of esters is 1. The van der Waals surface area contributed by atoms with Gasteiger partial charge in [-0.15, -0.1) is 0 Å². The average Bonchev–Trinajstić information content (AvgIpc) is 3.49. The predicted molar refractivity (Wildman–Crippen MR) is 104 cm³/mol. The topological polar surface area (TPSA) is 76.5 Å². The molecule has 1 N–H and O–H groups in total. The fourth-order valence-electron chi connectivity index (χ4n) is 3.56. The van der Waals surface area contributed by atoms with Crippen molar-refractivity contribution in [2.45, 2.75) is 12.3 Å². The highest BCUT2D eigenvalue weighted by Gasteiger charge is 2.68. The minimum Gasteiger partial charge on any atom is -0.480 e. The third-order valence-electron chi connectivity index (χ3n) is 5.16. The number of para-hydroxylation sites is 1. The van der Waals surface area contributed by atoms with Gasteiger partial charge < -0.3 is 9.84 Å². The maximum Gasteiger partial charge on any atom is 0.323 e. The predicted octanol–water partition coefficient (Wildman–Crippen LogP) is 3.37. The van der Waals surface area contributed by atoms with Crippen LogP contribution >= 0.6 is 0 Å². The molecule has 2 atom stereocenters. The number of nitrogens with zero attached hydrogens (tertiary/aromatic N) is 1. The molecule has 1 aliphatic rings. The van der Waals surface area contributed by atoms with Gasteiger partial charge in [0.1, 0.15) is 0 Å². The lowest BCUT2D eigenvalue weighted by molar-refractivity contribution is -0.159. The quantitative estimate of drug-likeness (QED) is 0.434. The third kappa shape index (κ3) is 2.89. The lowest BCUT2D eigenvalue weighted by Crippen LogP contribution is -2.28. The Morgan fingerprint density at radius 2 is 1.89 bits per heavy atom. The molecule has 1 saturated carbocycles. The number of carboxylic acids is 1. The van der Waals surface area contributed by atoms with Crippen molar-refractivity contribution in [1.82, 2.24) is 4.98 Å². The highest BCUT2D eigenvalue weighted by molar-refractivity contribution is 6.04. The smallest absolute Gasteiger partial charge is 0.323 e. The van der Waals surface area contributed by atoms with Gasteiger partial charge in [-0.25, -0.2) is 0 Å². The van der Waals surface area contributed by atoms with Crippen LogP contribution in [0.5, 0.6) is 0 Å². The summed E-state index contributed by atoms with van der Waals surface area (Å²) in [4.78, 5) is 28.2. The standard InChI is InChI=1S/C23H17NO4/c1-28-22(27)23(21(25)26)13-19(23)18-8-4-2-6-16(18)11-10-15-12-17-7-3-5-9-20(17)24-14-15/h2-9,12,14,19H,13H2,1H3,(H,25,26)/t19-,23-/m0/s1. The fourth-order valence-corrected chi connectivity index (χ4v) is 3.56. The van der Waals surface area contributed by atoms with Crippen LogP contribution in [0.1, 0.15) is 29.0 Å². The zero-order chi connectivity index (χ0) is 19.7. The van der Waals surface area contributed by atoms with Crippen molar-refractivity contribution in [2.24, 2.45) is 5.41 Å². The first-order chi connectivity index (χ1) is 13.6. The van der Waals surface area contributed by atoms with E-state index in [4.69, 9.17) is 4.74 Å². The zero-order valence-electron chi connectivity index (χ0n) is 15.2. The lowest BCUT2D eigenvalue weighted by Gasteiger charge is -2.11. The van der Waals surface area contributed by atoms with Gasteiger partial charge in [0.2, 0.25) is 0 Å². The van der Waals surface area contributed by atoms with Crippen molar-refractivity contribution in [1.29, 1.82) is 0 Å². The Morgan fingerprint density at radius 1 is 1.14 bits per heavy atom. The molecule has 0 saturated heterocycles. The molecule has 3 aromatic rings. The second kappa shape index (κ2) is 6.82. The number of benzene rings is 2. The van der Waals surface area contributed by atoms with Gasteiger partial charge in [-0.3, -0.25) is 14.6 Å². The summed E-state index contributed by atoms with van der Waals surface area (Å²) in [6, 6.07) is 17.1. The molecular weight excluding hydrogens is 354 g/mol. The molecule has 0 radical (unpaired) electrons. The van der Waals surface area contributed by atoms with E-state index in [1.807, 2.05) is 54.6 Å². The molecule has 0 amide bonds. The van der Waals surface area contributed by atoms with E-state index in [2.05, 4.69) is 16.8 Å². The summed E-state index contributed by atoms with van der Waals surface area (Å²) >= 11 is 0. The molecule has 0 bridgehead atoms. The molecule has 0 aliphatic heterocycles. The number of carbonyl (C=O) groups is 2. The molecule has 1 aromatic heterocycles. The minimum atomic E-state index is -1.52. The number of ether oxygens (including phenoxy) is 1. The van der Waals surface area contributed by atoms with Gasteiger partial charge >= 0.3 is 11.9 Å². The summed E-state index contributed by atoms with van der Waals surface area (Å²) in [6.45, 7) is 0. The fraction of sp³-hybridized carbons (Fsp3) is 0.174. The number of carboxylic acid groups (broad SMARTS) is 1. The van der Waals surface area contributed by atoms with Gasteiger partial charge in [-0.05, 0) is 30.2 Å². The largest absolute Gasteiger partial charge is 0.480 e. The molecule has 138 valence electrons. The van der Waals surface area contributed by atoms with Crippen LogP contribution in [0, 0.1) is 17.3 Å². The van der Waals surface area contributed by atoms with Crippen LogP contribution < -0.4 is 0 Å². The first-order valence-electron chi connectivity index (χ1n) is 8.84. The van der Waals surface area contributed by atoms with Crippen LogP contribution in [0.2, 0.25) is 0 Å². The molecule has 4 rings (SSSR count). The van der Waals surface area contributed by atoms with Crippen LogP contribution in [-0.4, -0.2) is 29.1 Å². The van der Waals surface area contributed by atoms with Crippen LogP contribution in [0.25, 0.3) is 10.9 Å². The third-order valence-corrected chi connectivity index (χ3v) is 5.16. The molecule has 1 aliphatic carbocycles. The number of hydrogen-bond donors (Lipinski definition) is 1. The lowest BCUT2D eigenvalue weighted by atomic mass is 9.95. The Kier molecular flexibility index (Phi) is 4.32. The van der Waals surface area contributed by atoms with E-state index < -0.39 is 23.3 Å². The molecule has 5 nitrogen and oxygen atoms in total. The Labute approximate surface area is 162 Å². The van der Waals surface area contributed by atoms with Crippen molar-refractivity contribution in [3.05, 3.63) is 77.5 Å². The van der Waals surface area contributed by atoms with Crippen LogP contribution in [0.15, 0.2) is 60.8 Å². The highest BCUT2D eigenvalue weighted by Crippen LogP contribution is 2.60. The summed E-state index contributed by atoms with van der Waals surface area (Å²) < 4.78 is 4.74. The second-order valence-electron chi connectivity index (χ2n) is 6.78. The summed E-state index contributed by atoms with van der Waals surface area (Å²) in [5.41, 5.74) is 1.60. The van der Waals surface area contributed by atoms with Crippen molar-refractivity contribution in [3.8, 4) is 11.8 Å². The average molecular weight is 371 g/mol. The number of rotatable bonds is 3. The molecule has 2 aromatic carbocycles. The van der Waals surface area contributed by atoms with Crippen LogP contribution in [0.4, 0.5) is 0 Å². The van der Waals surface area contributed by atoms with Gasteiger partial charge in [0.05, 0.1) is 12.6 Å². The molecule has 1 heterocycles. The number of aromatic nitrogens is 1. The van der Waals surface area contributed by atoms with Gasteiger partial charge in [-0.1, -0.05) is 48.2 Å². The van der Waals surface area contributed by atoms with E-state index in [-0.39, 0.29) is 6.42 Å². The first-order valence-corrected chi connectivity index (χ1v) is 8.84. The second-order valence-corrected chi connectivity index (χ2v) is 6.78. The highest BCUT2D eigenvalue weighted by atomic mass is 16.5. The van der Waals surface area contributed by atoms with Gasteiger partial charge in [0.15, 0.2) is 5.41 Å². The van der Waals surface area contributed by atoms with E-state index in [0.29, 0.717) is 5.56 Å². The maximum atomic E-state index is 12.1. The Bertz CT molecular complexity index is 1160. The number of fused-ring (bicyclic) bond motifs is 1. The Balaban J connectivity index is 1.69. The SMILES string of the molecule is COC(=O)[C@@]1(C(=O)O)C[C@H]1c1ccccc1C#Cc1cnc2ccccc2c1. The molecular formula is C23H17NO4. The van der Waals surface area contributed by atoms with Crippen molar-refractivity contribution < 1.29 is 19.4 Å². The first kappa shape index (κ1) is 17.7. The zero-order valence-corrected chi connectivity index (χ0v) is 15.2. The summed E-state index contributed by atoms with van der Waals surface area (Å²) in [5, 5.41) is 10.6. The monoisotopic (exact) mass is 371 g/mol. The minimum absolute atomic E-state index is 0.214. The molecule has 0 spiro atoms. The van der Waals surface area contributed by atoms with Gasteiger partial charge in [-0.2, -0.15) is 0 Å². The van der Waals surface area contributed by atoms with Crippen LogP contribution in [0.3, 0.4) is 0 Å². The van der Waals surface area contributed by atoms with Crippen molar-refractivity contribution >= 4 is 22.8 Å². The number of pyridine rings is 1. The Hall–Kier alpha value is -3.65. The van der Waals surface area contributed by atoms with Gasteiger partial charge in [0.25, 0.3) is 0 Å². The van der Waals surface area contributed by atoms with Gasteiger partial charge in [0, 0.05) is 28.6 Å². The summed E-state index contributed by atoms with van der Waals surface area (Å²) in [6.07, 6.45) is 1.93. The number of hydrogen-bond acceptors (Lipinski definition) is 4. The molecule has 1 fully saturated rings. The van der Waals surface area contributed by atoms with E-state index in [0.717, 1.165) is 22.0 Å². The molecule has 0 unspecified atom stereocenters. The number of carbonyl (C=O) groups excluding carboxylic acids is 1. The van der Waals surface area contributed by atoms with E-state index in [1.54, 1.807) is 6.20 Å². The summed E-state index contributed by atoms with van der Waals surface area (Å²) in [5.74, 6) is 3.89. The van der Waals surface area contributed by atoms with E-state index in [9.17, 15) is 14.7 Å². The molecule has 5 heteroatoms. The number of methoxy groups -OCH3 is 1. The van der Waals surface area contributed by atoms with Crippen molar-refractivity contribution in [3.63, 3.8) is 0 Å². The van der Waals surface area contributed by atoms with E-state index in [1.165, 1.54) is 7.11 Å². The molecule has 28 heavy (non-hydrogen) atoms. The maximum absolute atomic E-state index is 12.1. The van der Waals surface area contributed by atoms with Crippen molar-refractivity contribution in [2.75, 3.05) is 7.11 Å². The van der Waals surface area contributed by atoms with E-state index >= 15 is 0 Å². The normalized spacial score (nSPS) is 20.1. The Morgan fingerprint density at radius 3 is 2.68 bits per heavy atom. The summed E-state index contributed by atoms with van der Waals surface area (Å²) in [7, 11) is 1.21. The number of aliphatic carboxylic acids is 1.